The molecule has 0 atom stereocenters. The van der Waals surface area contributed by atoms with Gasteiger partial charge in [0.2, 0.25) is 0 Å². The second-order valence-corrected chi connectivity index (χ2v) is 13.3. The first-order chi connectivity index (χ1) is 15.1. The van der Waals surface area contributed by atoms with Gasteiger partial charge < -0.3 is 32.5 Å². The van der Waals surface area contributed by atoms with E-state index in [1.807, 2.05) is 27.7 Å². The molecule has 188 valence electrons. The molecule has 0 radical (unpaired) electrons. The van der Waals surface area contributed by atoms with E-state index in [2.05, 4.69) is 24.5 Å². The molecule has 0 fully saturated rings. The Labute approximate surface area is 195 Å². The highest BCUT2D eigenvalue weighted by Gasteiger charge is 2.52. The number of unbranched alkanes of at least 4 members (excludes halogenated alkanes) is 2. The highest BCUT2D eigenvalue weighted by atomic mass is 28.5. The Hall–Kier alpha value is 0.154. The van der Waals surface area contributed by atoms with Gasteiger partial charge in [0.1, 0.15) is 0 Å². The van der Waals surface area contributed by atoms with E-state index >= 15 is 0 Å². The van der Waals surface area contributed by atoms with Crippen molar-refractivity contribution in [3.63, 3.8) is 0 Å². The van der Waals surface area contributed by atoms with E-state index in [9.17, 15) is 0 Å². The van der Waals surface area contributed by atoms with Gasteiger partial charge in [0.25, 0.3) is 0 Å². The maximum absolute atomic E-state index is 6.78. The predicted molar refractivity (Wildman–Crippen MR) is 134 cm³/mol. The topological polar surface area (TPSA) is 70.2 Å². The summed E-state index contributed by atoms with van der Waals surface area (Å²) in [5.74, 6) is 0. The Bertz CT molecular complexity index is 349. The predicted octanol–water partition coefficient (Wildman–Crippen LogP) is 4.59. The molecule has 0 aromatic rings. The van der Waals surface area contributed by atoms with Crippen molar-refractivity contribution >= 4 is 17.6 Å². The maximum Gasteiger partial charge on any atom is 0.493 e. The average Bonchev–Trinajstić information content (AvgIpc) is 2.74. The molecule has 0 heterocycles. The van der Waals surface area contributed by atoms with Crippen LogP contribution in [0.3, 0.4) is 0 Å². The molecule has 2 N–H and O–H groups in total. The number of nitrogens with one attached hydrogen (secondary N) is 2. The van der Waals surface area contributed by atoms with Crippen LogP contribution in [0.4, 0.5) is 0 Å². The van der Waals surface area contributed by atoms with Gasteiger partial charge in [-0.2, -0.15) is 0 Å². The van der Waals surface area contributed by atoms with Gasteiger partial charge in [0, 0.05) is 38.5 Å². The zero-order valence-electron chi connectivity index (χ0n) is 21.4. The molecule has 0 amide bonds. The minimum Gasteiger partial charge on any atom is -0.374 e. The first kappa shape index (κ1) is 31.2. The van der Waals surface area contributed by atoms with E-state index in [4.69, 9.17) is 21.8 Å². The summed E-state index contributed by atoms with van der Waals surface area (Å²) in [6, 6.07) is 1.55. The standard InChI is InChI=1S/C22H52N2O5Si2/c1-7-13-17-23-19-15-21-30(25-9-3,26-10-4)29-31(27-11-5,28-12-6)22-16-20-24-18-14-8-2/h23-24H,7-22H2,1-6H3. The monoisotopic (exact) mass is 480 g/mol. The first-order valence-corrected chi connectivity index (χ1v) is 16.6. The van der Waals surface area contributed by atoms with Crippen LogP contribution in [0.25, 0.3) is 0 Å². The maximum atomic E-state index is 6.78. The highest BCUT2D eigenvalue weighted by molar-refractivity contribution is 6.75. The van der Waals surface area contributed by atoms with Crippen molar-refractivity contribution in [2.75, 3.05) is 52.6 Å². The van der Waals surface area contributed by atoms with Crippen molar-refractivity contribution in [2.24, 2.45) is 0 Å². The fourth-order valence-electron chi connectivity index (χ4n) is 3.42. The summed E-state index contributed by atoms with van der Waals surface area (Å²) in [6.45, 7) is 18.7. The molecule has 0 aromatic carbocycles. The minimum atomic E-state index is -2.90. The van der Waals surface area contributed by atoms with Crippen LogP contribution in [0, 0.1) is 0 Å². The van der Waals surface area contributed by atoms with Crippen LogP contribution in [0.1, 0.15) is 80.1 Å². The number of rotatable bonds is 24. The summed E-state index contributed by atoms with van der Waals surface area (Å²) in [6.07, 6.45) is 6.72. The van der Waals surface area contributed by atoms with E-state index in [0.29, 0.717) is 26.4 Å². The van der Waals surface area contributed by atoms with Crippen LogP contribution < -0.4 is 10.6 Å². The summed E-state index contributed by atoms with van der Waals surface area (Å²) in [4.78, 5) is 0. The van der Waals surface area contributed by atoms with E-state index in [0.717, 1.165) is 51.1 Å². The van der Waals surface area contributed by atoms with Crippen molar-refractivity contribution < 1.29 is 21.8 Å². The lowest BCUT2D eigenvalue weighted by Crippen LogP contribution is -2.59. The van der Waals surface area contributed by atoms with Crippen molar-refractivity contribution in [2.45, 2.75) is 92.2 Å². The second-order valence-electron chi connectivity index (χ2n) is 7.61. The molecule has 0 unspecified atom stereocenters. The van der Waals surface area contributed by atoms with Gasteiger partial charge in [-0.1, -0.05) is 26.7 Å². The molecule has 0 saturated heterocycles. The summed E-state index contributed by atoms with van der Waals surface area (Å²) < 4.78 is 31.7. The third-order valence-corrected chi connectivity index (χ3v) is 12.2. The van der Waals surface area contributed by atoms with Crippen molar-refractivity contribution in [1.29, 1.82) is 0 Å². The Balaban J connectivity index is 5.19. The lowest BCUT2D eigenvalue weighted by atomic mass is 10.3. The zero-order chi connectivity index (χ0) is 23.3. The van der Waals surface area contributed by atoms with Crippen LogP contribution in [0.2, 0.25) is 12.1 Å². The largest absolute Gasteiger partial charge is 0.493 e. The molecule has 31 heavy (non-hydrogen) atoms. The Morgan fingerprint density at radius 3 is 1.10 bits per heavy atom. The van der Waals surface area contributed by atoms with Crippen LogP contribution in [0.15, 0.2) is 0 Å². The van der Waals surface area contributed by atoms with Gasteiger partial charge >= 0.3 is 17.6 Å². The molecule has 0 aliphatic heterocycles. The van der Waals surface area contributed by atoms with Crippen LogP contribution in [-0.4, -0.2) is 70.2 Å². The van der Waals surface area contributed by atoms with Crippen LogP contribution >= 0.6 is 0 Å². The van der Waals surface area contributed by atoms with Gasteiger partial charge in [-0.3, -0.25) is 0 Å². The van der Waals surface area contributed by atoms with E-state index < -0.39 is 17.6 Å². The number of hydrogen-bond acceptors (Lipinski definition) is 7. The first-order valence-electron chi connectivity index (χ1n) is 12.7. The number of hydrogen-bond donors (Lipinski definition) is 2. The third-order valence-electron chi connectivity index (χ3n) is 4.86. The molecule has 9 heteroatoms. The second kappa shape index (κ2) is 20.7. The molecular formula is C22H52N2O5Si2. The molecular weight excluding hydrogens is 428 g/mol. The highest BCUT2D eigenvalue weighted by Crippen LogP contribution is 2.28. The van der Waals surface area contributed by atoms with Crippen molar-refractivity contribution in [3.05, 3.63) is 0 Å². The molecule has 0 rings (SSSR count). The fourth-order valence-corrected chi connectivity index (χ4v) is 10.8. The molecule has 0 aliphatic rings. The van der Waals surface area contributed by atoms with E-state index in [1.54, 1.807) is 0 Å². The zero-order valence-corrected chi connectivity index (χ0v) is 23.4. The van der Waals surface area contributed by atoms with Crippen LogP contribution in [-0.2, 0) is 21.8 Å². The summed E-state index contributed by atoms with van der Waals surface area (Å²) in [7, 11) is -5.81. The molecule has 0 bridgehead atoms. The third kappa shape index (κ3) is 14.8. The molecule has 0 saturated carbocycles. The summed E-state index contributed by atoms with van der Waals surface area (Å²) in [5, 5.41) is 7.02. The van der Waals surface area contributed by atoms with Gasteiger partial charge in [0.15, 0.2) is 0 Å². The fraction of sp³-hybridized carbons (Fsp3) is 1.00. The quantitative estimate of drug-likeness (QED) is 0.155. The molecule has 0 spiro atoms. The Morgan fingerprint density at radius 1 is 0.484 bits per heavy atom. The lowest BCUT2D eigenvalue weighted by Gasteiger charge is -2.38. The van der Waals surface area contributed by atoms with E-state index in [1.165, 1.54) is 25.7 Å². The Morgan fingerprint density at radius 2 is 0.806 bits per heavy atom. The molecule has 0 aromatic heterocycles. The smallest absolute Gasteiger partial charge is 0.374 e. The average molecular weight is 481 g/mol. The summed E-state index contributed by atoms with van der Waals surface area (Å²) >= 11 is 0. The molecule has 7 nitrogen and oxygen atoms in total. The van der Waals surface area contributed by atoms with Gasteiger partial charge in [-0.05, 0) is 79.6 Å². The summed E-state index contributed by atoms with van der Waals surface area (Å²) in [5.41, 5.74) is 0. The van der Waals surface area contributed by atoms with E-state index in [-0.39, 0.29) is 0 Å². The minimum absolute atomic E-state index is 0.566. The van der Waals surface area contributed by atoms with Gasteiger partial charge in [-0.25, -0.2) is 0 Å². The SMILES string of the molecule is CCCCNCCC[Si](OCC)(OCC)O[Si](CCCNCCCC)(OCC)OCC. The van der Waals surface area contributed by atoms with Gasteiger partial charge in [0.05, 0.1) is 0 Å². The van der Waals surface area contributed by atoms with Crippen molar-refractivity contribution in [3.8, 4) is 0 Å². The Kier molecular flexibility index (Phi) is 20.8. The lowest BCUT2D eigenvalue weighted by molar-refractivity contribution is 0.0489. The molecule has 0 aliphatic carbocycles. The normalized spacial score (nSPS) is 12.6. The van der Waals surface area contributed by atoms with Crippen molar-refractivity contribution in [1.82, 2.24) is 10.6 Å². The van der Waals surface area contributed by atoms with Crippen LogP contribution in [0.5, 0.6) is 0 Å². The van der Waals surface area contributed by atoms with Gasteiger partial charge in [-0.15, -0.1) is 0 Å².